The van der Waals surface area contributed by atoms with E-state index in [9.17, 15) is 0 Å². The minimum Gasteiger partial charge on any atom is -0.296 e. The molecule has 172 valence electrons. The summed E-state index contributed by atoms with van der Waals surface area (Å²) in [6.45, 7) is 4.24. The van der Waals surface area contributed by atoms with Gasteiger partial charge in [0.2, 0.25) is 0 Å². The van der Waals surface area contributed by atoms with Crippen LogP contribution in [0.5, 0.6) is 0 Å². The number of rotatable bonds is 7. The monoisotopic (exact) mass is 455 g/mol. The zero-order chi connectivity index (χ0) is 24.5. The number of allylic oxidation sites excluding steroid dienone is 9. The predicted molar refractivity (Wildman–Crippen MR) is 151 cm³/mol. The molecule has 0 saturated heterocycles. The van der Waals surface area contributed by atoms with E-state index in [4.69, 9.17) is 0 Å². The summed E-state index contributed by atoms with van der Waals surface area (Å²) in [5.74, 6) is 0. The molecule has 1 aliphatic carbocycles. The lowest BCUT2D eigenvalue weighted by atomic mass is 9.94. The summed E-state index contributed by atoms with van der Waals surface area (Å²) >= 11 is 0. The highest BCUT2D eigenvalue weighted by Crippen LogP contribution is 2.27. The smallest absolute Gasteiger partial charge is 0.199 e. The van der Waals surface area contributed by atoms with Crippen molar-refractivity contribution in [2.75, 3.05) is 14.1 Å². The molecule has 2 heteroatoms. The Kier molecular flexibility index (Phi) is 7.98. The molecule has 1 aliphatic rings. The van der Waals surface area contributed by atoms with Gasteiger partial charge in [0.25, 0.3) is 0 Å². The van der Waals surface area contributed by atoms with E-state index < -0.39 is 0 Å². The van der Waals surface area contributed by atoms with Crippen LogP contribution in [0.15, 0.2) is 138 Å². The first-order valence-corrected chi connectivity index (χ1v) is 11.8. The molecule has 0 saturated carbocycles. The van der Waals surface area contributed by atoms with Crippen molar-refractivity contribution in [1.82, 2.24) is 0 Å². The van der Waals surface area contributed by atoms with Crippen molar-refractivity contribution in [2.45, 2.75) is 6.54 Å². The van der Waals surface area contributed by atoms with Gasteiger partial charge in [0.05, 0.1) is 6.54 Å². The number of hydrogen-bond donors (Lipinski definition) is 0. The van der Waals surface area contributed by atoms with E-state index in [-0.39, 0.29) is 0 Å². The van der Waals surface area contributed by atoms with Gasteiger partial charge < -0.3 is 0 Å². The van der Waals surface area contributed by atoms with Crippen LogP contribution in [0.25, 0.3) is 11.1 Å². The molecule has 3 aromatic carbocycles. The Morgan fingerprint density at radius 2 is 1.31 bits per heavy atom. The first kappa shape index (κ1) is 23.8. The second-order valence-corrected chi connectivity index (χ2v) is 8.61. The molecule has 0 spiro atoms. The van der Waals surface area contributed by atoms with E-state index >= 15 is 0 Å². The van der Waals surface area contributed by atoms with Gasteiger partial charge in [0.1, 0.15) is 14.1 Å². The summed E-state index contributed by atoms with van der Waals surface area (Å²) in [5.41, 5.74) is 9.45. The second-order valence-electron chi connectivity index (χ2n) is 8.61. The van der Waals surface area contributed by atoms with Gasteiger partial charge in [0.15, 0.2) is 5.71 Å². The van der Waals surface area contributed by atoms with Crippen LogP contribution in [-0.4, -0.2) is 31.1 Å². The Hall–Kier alpha value is -4.30. The van der Waals surface area contributed by atoms with E-state index in [1.807, 2.05) is 0 Å². The molecule has 0 aromatic heterocycles. The minimum absolute atomic E-state index is 0.632. The average Bonchev–Trinajstić information content (AvgIpc) is 2.91. The van der Waals surface area contributed by atoms with Gasteiger partial charge in [-0.25, -0.2) is 4.58 Å². The summed E-state index contributed by atoms with van der Waals surface area (Å²) in [7, 11) is 4.13. The van der Waals surface area contributed by atoms with Gasteiger partial charge >= 0.3 is 0 Å². The van der Waals surface area contributed by atoms with Crippen LogP contribution in [0.4, 0.5) is 0 Å². The van der Waals surface area contributed by atoms with Gasteiger partial charge in [-0.05, 0) is 57.8 Å². The highest BCUT2D eigenvalue weighted by Gasteiger charge is 2.09. The maximum absolute atomic E-state index is 4.00. The van der Waals surface area contributed by atoms with Crippen molar-refractivity contribution in [3.8, 4) is 0 Å². The van der Waals surface area contributed by atoms with Crippen LogP contribution >= 0.6 is 0 Å². The van der Waals surface area contributed by atoms with E-state index in [1.54, 1.807) is 0 Å². The van der Waals surface area contributed by atoms with Crippen molar-refractivity contribution >= 4 is 23.6 Å². The van der Waals surface area contributed by atoms with Crippen LogP contribution in [0.1, 0.15) is 22.3 Å². The first-order chi connectivity index (χ1) is 17.2. The Morgan fingerprint density at radius 1 is 0.743 bits per heavy atom. The molecule has 0 heterocycles. The van der Waals surface area contributed by atoms with Gasteiger partial charge in [-0.2, -0.15) is 0 Å². The highest BCUT2D eigenvalue weighted by atomic mass is 14.9. The summed E-state index contributed by atoms with van der Waals surface area (Å²) in [6, 6.07) is 29.6. The summed E-state index contributed by atoms with van der Waals surface area (Å²) in [6.07, 6.45) is 15.3. The van der Waals surface area contributed by atoms with E-state index in [2.05, 4.69) is 158 Å². The van der Waals surface area contributed by atoms with Crippen molar-refractivity contribution in [1.29, 1.82) is 0 Å². The number of hydrogen-bond acceptors (Lipinski definition) is 1. The van der Waals surface area contributed by atoms with Crippen LogP contribution in [0.3, 0.4) is 0 Å². The second kappa shape index (κ2) is 11.7. The molecule has 35 heavy (non-hydrogen) atoms. The third-order valence-electron chi connectivity index (χ3n) is 5.95. The van der Waals surface area contributed by atoms with Crippen molar-refractivity contribution < 1.29 is 4.58 Å². The van der Waals surface area contributed by atoms with Gasteiger partial charge in [-0.1, -0.05) is 103 Å². The van der Waals surface area contributed by atoms with Crippen LogP contribution in [0, 0.1) is 0 Å². The Labute approximate surface area is 209 Å². The Bertz CT molecular complexity index is 1330. The van der Waals surface area contributed by atoms with Gasteiger partial charge in [-0.15, -0.1) is 0 Å². The van der Waals surface area contributed by atoms with Crippen molar-refractivity contribution in [2.24, 2.45) is 4.99 Å². The molecule has 0 N–H and O–H groups in total. The molecular formula is C33H31N2+. The third-order valence-corrected chi connectivity index (χ3v) is 5.95. The van der Waals surface area contributed by atoms with Crippen molar-refractivity contribution in [3.05, 3.63) is 155 Å². The topological polar surface area (TPSA) is 15.4 Å². The van der Waals surface area contributed by atoms with Gasteiger partial charge in [0, 0.05) is 12.2 Å². The van der Waals surface area contributed by atoms with E-state index in [0.29, 0.717) is 6.54 Å². The van der Waals surface area contributed by atoms with Crippen LogP contribution in [0.2, 0.25) is 0 Å². The zero-order valence-electron chi connectivity index (χ0n) is 20.4. The largest absolute Gasteiger partial charge is 0.296 e. The Morgan fingerprint density at radius 3 is 1.89 bits per heavy atom. The fraction of sp³-hybridized carbons (Fsp3) is 0.0909. The molecule has 4 rings (SSSR count). The fourth-order valence-corrected chi connectivity index (χ4v) is 4.05. The predicted octanol–water partition coefficient (Wildman–Crippen LogP) is 7.17. The number of nitrogens with zero attached hydrogens (tertiary/aromatic N) is 2. The Balaban J connectivity index is 1.75. The molecule has 0 aliphatic heterocycles. The number of benzene rings is 3. The lowest BCUT2D eigenvalue weighted by molar-refractivity contribution is -0.462. The highest BCUT2D eigenvalue weighted by molar-refractivity contribution is 6.03. The van der Waals surface area contributed by atoms with E-state index in [0.717, 1.165) is 5.56 Å². The van der Waals surface area contributed by atoms with Crippen LogP contribution in [-0.2, 0) is 6.54 Å². The van der Waals surface area contributed by atoms with Crippen LogP contribution < -0.4 is 0 Å². The summed E-state index contributed by atoms with van der Waals surface area (Å²) < 4.78 is 2.12. The molecule has 3 aromatic rings. The van der Waals surface area contributed by atoms with Crippen molar-refractivity contribution in [3.63, 3.8) is 0 Å². The van der Waals surface area contributed by atoms with E-state index in [1.165, 1.54) is 39.1 Å². The SMILES string of the molecule is C=NCc1ccc(C(=CC=CC(=C2C=CC(=[N+](C)C)C=C2)c2ccccc2)c2ccccc2)cc1. The molecule has 0 bridgehead atoms. The lowest BCUT2D eigenvalue weighted by Gasteiger charge is -2.10. The minimum atomic E-state index is 0.632. The standard InChI is InChI=1S/C33H31N2/c1-34-25-26-17-19-29(20-18-26)32(27-11-6-4-7-12-27)15-10-16-33(28-13-8-5-9-14-28)30-21-23-31(24-22-30)35(2)3/h4-24H,1,25H2,2-3H3/q+1. The molecule has 0 fully saturated rings. The maximum Gasteiger partial charge on any atom is 0.199 e. The summed E-state index contributed by atoms with van der Waals surface area (Å²) in [4.78, 5) is 4.00. The molecule has 0 amide bonds. The number of aliphatic imine (C=N–C) groups is 1. The normalized spacial score (nSPS) is 13.4. The maximum atomic E-state index is 4.00. The molecule has 2 nitrogen and oxygen atoms in total. The first-order valence-electron chi connectivity index (χ1n) is 11.8. The molecule has 0 unspecified atom stereocenters. The zero-order valence-corrected chi connectivity index (χ0v) is 20.4. The molecule has 0 atom stereocenters. The average molecular weight is 456 g/mol. The lowest BCUT2D eigenvalue weighted by Crippen LogP contribution is -2.09. The molecular weight excluding hydrogens is 424 g/mol. The fourth-order valence-electron chi connectivity index (χ4n) is 4.05. The quantitative estimate of drug-likeness (QED) is 0.204. The molecule has 0 radical (unpaired) electrons. The third kappa shape index (κ3) is 6.18. The summed E-state index contributed by atoms with van der Waals surface area (Å²) in [5, 5.41) is 0. The van der Waals surface area contributed by atoms with Gasteiger partial charge in [-0.3, -0.25) is 4.99 Å².